The van der Waals surface area contributed by atoms with Crippen LogP contribution >= 0.6 is 11.8 Å². The number of carbonyl (C=O) groups is 2. The van der Waals surface area contributed by atoms with Gasteiger partial charge in [-0.25, -0.2) is 4.79 Å². The Morgan fingerprint density at radius 1 is 1.35 bits per heavy atom. The summed E-state index contributed by atoms with van der Waals surface area (Å²) in [5.74, 6) is -0.173. The van der Waals surface area contributed by atoms with Gasteiger partial charge in [0.1, 0.15) is 11.9 Å². The number of benzene rings is 1. The Labute approximate surface area is 156 Å². The highest BCUT2D eigenvalue weighted by Crippen LogP contribution is 2.25. The second-order valence-corrected chi connectivity index (χ2v) is 7.35. The van der Waals surface area contributed by atoms with Crippen LogP contribution in [0.25, 0.3) is 5.69 Å². The van der Waals surface area contributed by atoms with Gasteiger partial charge >= 0.3 is 11.9 Å². The molecule has 2 heterocycles. The first kappa shape index (κ1) is 18.4. The Kier molecular flexibility index (Phi) is 5.31. The monoisotopic (exact) mass is 375 g/mol. The molecule has 0 radical (unpaired) electrons. The summed E-state index contributed by atoms with van der Waals surface area (Å²) in [6.07, 6.45) is -0.632. The van der Waals surface area contributed by atoms with Gasteiger partial charge in [-0.15, -0.1) is 10.2 Å². The molecule has 26 heavy (non-hydrogen) atoms. The van der Waals surface area contributed by atoms with Crippen molar-refractivity contribution in [2.75, 3.05) is 5.75 Å². The molecule has 1 aromatic carbocycles. The van der Waals surface area contributed by atoms with Gasteiger partial charge in [-0.2, -0.15) is 0 Å². The smallest absolute Gasteiger partial charge is 0.347 e. The number of carbonyl (C=O) groups excluding carboxylic acids is 2. The van der Waals surface area contributed by atoms with Gasteiger partial charge in [0, 0.05) is 6.42 Å². The van der Waals surface area contributed by atoms with Gasteiger partial charge in [0.2, 0.25) is 6.10 Å². The first-order valence-electron chi connectivity index (χ1n) is 8.37. The van der Waals surface area contributed by atoms with Crippen molar-refractivity contribution < 1.29 is 19.1 Å². The number of aromatic nitrogens is 3. The average Bonchev–Trinajstić information content (AvgIpc) is 3.09. The second kappa shape index (κ2) is 7.49. The molecule has 0 bridgehead atoms. The van der Waals surface area contributed by atoms with Crippen LogP contribution in [0, 0.1) is 20.8 Å². The highest BCUT2D eigenvalue weighted by atomic mass is 32.2. The molecule has 8 heteroatoms. The van der Waals surface area contributed by atoms with E-state index in [1.165, 1.54) is 11.8 Å². The van der Waals surface area contributed by atoms with E-state index in [0.717, 1.165) is 22.6 Å². The number of esters is 2. The fraction of sp³-hybridized carbons (Fsp3) is 0.444. The van der Waals surface area contributed by atoms with Crippen LogP contribution in [0.3, 0.4) is 0 Å². The van der Waals surface area contributed by atoms with Crippen LogP contribution in [0.5, 0.6) is 0 Å². The molecule has 0 amide bonds. The lowest BCUT2D eigenvalue weighted by atomic mass is 10.1. The number of ether oxygens (including phenoxy) is 2. The molecule has 2 aromatic rings. The first-order valence-corrected chi connectivity index (χ1v) is 9.36. The summed E-state index contributed by atoms with van der Waals surface area (Å²) in [5.41, 5.74) is 3.20. The summed E-state index contributed by atoms with van der Waals surface area (Å²) >= 11 is 1.23. The topological polar surface area (TPSA) is 83.3 Å². The van der Waals surface area contributed by atoms with Crippen LogP contribution in [-0.4, -0.2) is 44.7 Å². The molecule has 138 valence electrons. The van der Waals surface area contributed by atoms with Gasteiger partial charge in [0.25, 0.3) is 0 Å². The molecule has 1 fully saturated rings. The third kappa shape index (κ3) is 3.90. The predicted octanol–water partition coefficient (Wildman–Crippen LogP) is 2.53. The van der Waals surface area contributed by atoms with Crippen LogP contribution in [0.15, 0.2) is 23.4 Å². The van der Waals surface area contributed by atoms with Gasteiger partial charge in [-0.3, -0.25) is 9.36 Å². The number of rotatable bonds is 5. The minimum atomic E-state index is -0.809. The minimum Gasteiger partial charge on any atom is -0.460 e. The van der Waals surface area contributed by atoms with Gasteiger partial charge in [0.15, 0.2) is 5.16 Å². The van der Waals surface area contributed by atoms with Crippen LogP contribution in [0.2, 0.25) is 0 Å². The van der Waals surface area contributed by atoms with Crippen molar-refractivity contribution in [2.45, 2.75) is 51.5 Å². The van der Waals surface area contributed by atoms with Crippen molar-refractivity contribution in [3.8, 4) is 5.69 Å². The number of thioether (sulfide) groups is 1. The molecule has 1 aromatic heterocycles. The molecule has 0 unspecified atom stereocenters. The van der Waals surface area contributed by atoms with Crippen LogP contribution in [0.1, 0.15) is 30.3 Å². The molecule has 7 nitrogen and oxygen atoms in total. The van der Waals surface area contributed by atoms with Gasteiger partial charge in [-0.1, -0.05) is 23.9 Å². The third-order valence-electron chi connectivity index (χ3n) is 4.12. The maximum Gasteiger partial charge on any atom is 0.347 e. The maximum absolute atomic E-state index is 12.1. The van der Waals surface area contributed by atoms with Crippen molar-refractivity contribution >= 4 is 23.7 Å². The molecular weight excluding hydrogens is 354 g/mol. The molecule has 0 aliphatic carbocycles. The quantitative estimate of drug-likeness (QED) is 0.586. The standard InChI is InChI=1S/C18H21N3O4S/c1-10-5-6-11(2)14(7-10)21-13(4)19-20-18(21)26-9-16(22)25-15-8-12(3)24-17(15)23/h5-7,12,15H,8-9H2,1-4H3/t12-,15-/m0/s1. The normalized spacial score (nSPS) is 19.5. The number of hydrogen-bond donors (Lipinski definition) is 0. The molecule has 1 saturated heterocycles. The molecule has 0 saturated carbocycles. The molecule has 2 atom stereocenters. The van der Waals surface area contributed by atoms with Crippen molar-refractivity contribution in [1.29, 1.82) is 0 Å². The lowest BCUT2D eigenvalue weighted by molar-refractivity contribution is -0.159. The fourth-order valence-corrected chi connectivity index (χ4v) is 3.58. The molecule has 1 aliphatic rings. The summed E-state index contributed by atoms with van der Waals surface area (Å²) in [7, 11) is 0. The van der Waals surface area contributed by atoms with E-state index in [9.17, 15) is 9.59 Å². The van der Waals surface area contributed by atoms with Crippen LogP contribution in [0.4, 0.5) is 0 Å². The van der Waals surface area contributed by atoms with Crippen molar-refractivity contribution in [2.24, 2.45) is 0 Å². The Bertz CT molecular complexity index is 849. The first-order chi connectivity index (χ1) is 12.3. The molecule has 3 rings (SSSR count). The van der Waals surface area contributed by atoms with Crippen molar-refractivity contribution in [1.82, 2.24) is 14.8 Å². The summed E-state index contributed by atoms with van der Waals surface area (Å²) in [5, 5.41) is 8.91. The predicted molar refractivity (Wildman–Crippen MR) is 96.3 cm³/mol. The van der Waals surface area contributed by atoms with E-state index in [0.29, 0.717) is 11.6 Å². The largest absolute Gasteiger partial charge is 0.460 e. The van der Waals surface area contributed by atoms with Crippen molar-refractivity contribution in [3.63, 3.8) is 0 Å². The summed E-state index contributed by atoms with van der Waals surface area (Å²) < 4.78 is 12.1. The number of cyclic esters (lactones) is 1. The van der Waals surface area contributed by atoms with Crippen LogP contribution < -0.4 is 0 Å². The van der Waals surface area contributed by atoms with Gasteiger partial charge < -0.3 is 9.47 Å². The van der Waals surface area contributed by atoms with E-state index >= 15 is 0 Å². The third-order valence-corrected chi connectivity index (χ3v) is 5.02. The summed E-state index contributed by atoms with van der Waals surface area (Å²) in [6, 6.07) is 6.15. The number of aryl methyl sites for hydroxylation is 3. The fourth-order valence-electron chi connectivity index (χ4n) is 2.81. The second-order valence-electron chi connectivity index (χ2n) is 6.41. The zero-order valence-electron chi connectivity index (χ0n) is 15.2. The molecule has 1 aliphatic heterocycles. The highest BCUT2D eigenvalue weighted by Gasteiger charge is 2.35. The van der Waals surface area contributed by atoms with E-state index in [1.54, 1.807) is 6.92 Å². The SMILES string of the molecule is Cc1ccc(C)c(-n2c(C)nnc2SCC(=O)O[C@H]2C[C@H](C)OC2=O)c1. The lowest BCUT2D eigenvalue weighted by Crippen LogP contribution is -2.23. The Morgan fingerprint density at radius 3 is 2.81 bits per heavy atom. The van der Waals surface area contributed by atoms with E-state index < -0.39 is 18.0 Å². The average molecular weight is 375 g/mol. The molecular formula is C18H21N3O4S. The maximum atomic E-state index is 12.1. The summed E-state index contributed by atoms with van der Waals surface area (Å²) in [6.45, 7) is 7.68. The Hall–Kier alpha value is -2.35. The van der Waals surface area contributed by atoms with Crippen LogP contribution in [-0.2, 0) is 19.1 Å². The van der Waals surface area contributed by atoms with Crippen molar-refractivity contribution in [3.05, 3.63) is 35.2 Å². The highest BCUT2D eigenvalue weighted by molar-refractivity contribution is 7.99. The molecule has 0 spiro atoms. The van der Waals surface area contributed by atoms with E-state index in [-0.39, 0.29) is 11.9 Å². The lowest BCUT2D eigenvalue weighted by Gasteiger charge is -2.12. The Morgan fingerprint density at radius 2 is 2.12 bits per heavy atom. The zero-order valence-corrected chi connectivity index (χ0v) is 16.0. The molecule has 0 N–H and O–H groups in total. The van der Waals surface area contributed by atoms with E-state index in [2.05, 4.69) is 16.3 Å². The zero-order chi connectivity index (χ0) is 18.8. The van der Waals surface area contributed by atoms with E-state index in [1.807, 2.05) is 37.5 Å². The van der Waals surface area contributed by atoms with Gasteiger partial charge in [-0.05, 0) is 44.9 Å². The summed E-state index contributed by atoms with van der Waals surface area (Å²) in [4.78, 5) is 23.7. The number of hydrogen-bond acceptors (Lipinski definition) is 7. The van der Waals surface area contributed by atoms with Gasteiger partial charge in [0.05, 0.1) is 11.4 Å². The minimum absolute atomic E-state index is 0.0428. The number of nitrogens with zero attached hydrogens (tertiary/aromatic N) is 3. The Balaban J connectivity index is 1.70. The van der Waals surface area contributed by atoms with E-state index in [4.69, 9.17) is 9.47 Å².